The molecule has 0 bridgehead atoms. The number of aliphatic hydroxyl groups excluding tert-OH is 1. The first-order valence-electron chi connectivity index (χ1n) is 16.0. The maximum absolute atomic E-state index is 12.0. The van der Waals surface area contributed by atoms with Crippen LogP contribution < -0.4 is 0 Å². The molecule has 5 heteroatoms. The number of hydrogen-bond donors (Lipinski definition) is 1. The third-order valence-corrected chi connectivity index (χ3v) is 7.44. The third kappa shape index (κ3) is 26.3. The first-order chi connectivity index (χ1) is 18.0. The quantitative estimate of drug-likeness (QED) is 0.0813. The Hall–Kier alpha value is -1.10. The normalized spacial score (nSPS) is 12.9. The van der Waals surface area contributed by atoms with Gasteiger partial charge in [-0.2, -0.15) is 0 Å². The number of unbranched alkanes of at least 4 members (excludes halogenated alkanes) is 17. The van der Waals surface area contributed by atoms with Gasteiger partial charge in [0.25, 0.3) is 0 Å². The Labute approximate surface area is 229 Å². The lowest BCUT2D eigenvalue weighted by molar-refractivity contribution is -0.161. The molecule has 0 fully saturated rings. The van der Waals surface area contributed by atoms with E-state index in [1.54, 1.807) is 0 Å². The van der Waals surface area contributed by atoms with Crippen molar-refractivity contribution >= 4 is 11.9 Å². The first-order valence-corrected chi connectivity index (χ1v) is 16.0. The van der Waals surface area contributed by atoms with Gasteiger partial charge in [0.15, 0.2) is 6.10 Å². The summed E-state index contributed by atoms with van der Waals surface area (Å²) in [7, 11) is 0. The second-order valence-corrected chi connectivity index (χ2v) is 11.1. The van der Waals surface area contributed by atoms with E-state index >= 15 is 0 Å². The van der Waals surface area contributed by atoms with Crippen LogP contribution in [0.25, 0.3) is 0 Å². The molecule has 0 amide bonds. The molecule has 5 nitrogen and oxygen atoms in total. The van der Waals surface area contributed by atoms with Gasteiger partial charge in [0, 0.05) is 12.8 Å². The van der Waals surface area contributed by atoms with Crippen molar-refractivity contribution < 1.29 is 24.2 Å². The van der Waals surface area contributed by atoms with E-state index in [-0.39, 0.29) is 25.2 Å². The van der Waals surface area contributed by atoms with Gasteiger partial charge >= 0.3 is 11.9 Å². The zero-order valence-corrected chi connectivity index (χ0v) is 24.9. The molecule has 37 heavy (non-hydrogen) atoms. The molecule has 220 valence electrons. The Morgan fingerprint density at radius 3 is 1.51 bits per heavy atom. The lowest BCUT2D eigenvalue weighted by atomic mass is 10.00. The molecule has 0 rings (SSSR count). The number of rotatable bonds is 28. The summed E-state index contributed by atoms with van der Waals surface area (Å²) in [5.41, 5.74) is 0. The van der Waals surface area contributed by atoms with Crippen molar-refractivity contribution in [2.75, 3.05) is 13.2 Å². The van der Waals surface area contributed by atoms with Crippen LogP contribution in [0.1, 0.15) is 168 Å². The van der Waals surface area contributed by atoms with E-state index in [0.717, 1.165) is 38.0 Å². The van der Waals surface area contributed by atoms with Crippen molar-refractivity contribution in [3.05, 3.63) is 0 Å². The largest absolute Gasteiger partial charge is 0.462 e. The van der Waals surface area contributed by atoms with E-state index in [2.05, 4.69) is 20.8 Å². The van der Waals surface area contributed by atoms with E-state index in [0.29, 0.717) is 12.8 Å². The second-order valence-electron chi connectivity index (χ2n) is 11.1. The molecular formula is C32H62O5. The zero-order chi connectivity index (χ0) is 27.4. The summed E-state index contributed by atoms with van der Waals surface area (Å²) in [6, 6.07) is 0. The maximum Gasteiger partial charge on any atom is 0.306 e. The van der Waals surface area contributed by atoms with Gasteiger partial charge in [-0.1, -0.05) is 143 Å². The van der Waals surface area contributed by atoms with Gasteiger partial charge in [0.1, 0.15) is 6.61 Å². The van der Waals surface area contributed by atoms with Crippen molar-refractivity contribution in [1.82, 2.24) is 0 Å². The molecule has 0 aliphatic heterocycles. The molecule has 1 unspecified atom stereocenters. The average Bonchev–Trinajstić information content (AvgIpc) is 2.90. The summed E-state index contributed by atoms with van der Waals surface area (Å²) in [5.74, 6) is 0.238. The lowest BCUT2D eigenvalue weighted by Crippen LogP contribution is -2.28. The van der Waals surface area contributed by atoms with Crippen LogP contribution in [0, 0.1) is 5.92 Å². The standard InChI is InChI=1S/C32H62O5/c1-4-6-7-8-9-10-11-12-13-14-15-19-22-25-31(34)36-28-30(27-33)37-32(35)26-23-20-17-16-18-21-24-29(3)5-2/h29-30,33H,4-28H2,1-3H3/t29?,30-/m0/s1. The lowest BCUT2D eigenvalue weighted by Gasteiger charge is -2.15. The molecule has 0 saturated heterocycles. The van der Waals surface area contributed by atoms with Crippen molar-refractivity contribution in [3.63, 3.8) is 0 Å². The van der Waals surface area contributed by atoms with Crippen LogP contribution in [-0.4, -0.2) is 36.4 Å². The maximum atomic E-state index is 12.0. The number of hydrogen-bond acceptors (Lipinski definition) is 5. The van der Waals surface area contributed by atoms with Crippen molar-refractivity contribution in [2.24, 2.45) is 5.92 Å². The van der Waals surface area contributed by atoms with E-state index in [1.807, 2.05) is 0 Å². The van der Waals surface area contributed by atoms with Gasteiger partial charge < -0.3 is 14.6 Å². The zero-order valence-electron chi connectivity index (χ0n) is 24.9. The van der Waals surface area contributed by atoms with Crippen LogP contribution in [0.5, 0.6) is 0 Å². The number of esters is 2. The van der Waals surface area contributed by atoms with Gasteiger partial charge in [-0.05, 0) is 18.8 Å². The van der Waals surface area contributed by atoms with Crippen molar-refractivity contribution in [2.45, 2.75) is 175 Å². The fourth-order valence-electron chi connectivity index (χ4n) is 4.59. The van der Waals surface area contributed by atoms with Crippen LogP contribution in [0.2, 0.25) is 0 Å². The molecule has 0 aliphatic carbocycles. The molecule has 0 aromatic carbocycles. The Morgan fingerprint density at radius 2 is 1.05 bits per heavy atom. The SMILES string of the molecule is CCCCCCCCCCCCCCCC(=O)OC[C@H](CO)OC(=O)CCCCCCCCC(C)CC. The van der Waals surface area contributed by atoms with E-state index in [4.69, 9.17) is 9.47 Å². The Balaban J connectivity index is 3.57. The summed E-state index contributed by atoms with van der Waals surface area (Å²) in [5, 5.41) is 9.47. The minimum atomic E-state index is -0.761. The molecule has 0 saturated carbocycles. The minimum absolute atomic E-state index is 0.0598. The molecule has 2 atom stereocenters. The van der Waals surface area contributed by atoms with Crippen molar-refractivity contribution in [3.8, 4) is 0 Å². The molecule has 0 spiro atoms. The molecule has 0 aliphatic rings. The molecule has 1 N–H and O–H groups in total. The highest BCUT2D eigenvalue weighted by molar-refractivity contribution is 5.70. The Bertz CT molecular complexity index is 507. The molecule has 0 aromatic heterocycles. The van der Waals surface area contributed by atoms with Gasteiger partial charge in [0.05, 0.1) is 6.61 Å². The summed E-state index contributed by atoms with van der Waals surface area (Å²) >= 11 is 0. The highest BCUT2D eigenvalue weighted by Crippen LogP contribution is 2.15. The summed E-state index contributed by atoms with van der Waals surface area (Å²) in [6.45, 7) is 6.43. The summed E-state index contributed by atoms with van der Waals surface area (Å²) < 4.78 is 10.5. The van der Waals surface area contributed by atoms with E-state index < -0.39 is 6.10 Å². The smallest absolute Gasteiger partial charge is 0.306 e. The number of aliphatic hydroxyl groups is 1. The van der Waals surface area contributed by atoms with E-state index in [9.17, 15) is 14.7 Å². The van der Waals surface area contributed by atoms with Crippen molar-refractivity contribution in [1.29, 1.82) is 0 Å². The highest BCUT2D eigenvalue weighted by atomic mass is 16.6. The van der Waals surface area contributed by atoms with Gasteiger partial charge in [0.2, 0.25) is 0 Å². The highest BCUT2D eigenvalue weighted by Gasteiger charge is 2.16. The topological polar surface area (TPSA) is 72.8 Å². The van der Waals surface area contributed by atoms with Gasteiger partial charge in [-0.3, -0.25) is 9.59 Å². The first kappa shape index (κ1) is 35.9. The number of carbonyl (C=O) groups excluding carboxylic acids is 2. The Morgan fingerprint density at radius 1 is 0.622 bits per heavy atom. The molecule has 0 heterocycles. The van der Waals surface area contributed by atoms with Gasteiger partial charge in [-0.25, -0.2) is 0 Å². The second kappa shape index (κ2) is 27.9. The fraction of sp³-hybridized carbons (Fsp3) is 0.938. The van der Waals surface area contributed by atoms with Crippen LogP contribution >= 0.6 is 0 Å². The van der Waals surface area contributed by atoms with Crippen LogP contribution in [0.4, 0.5) is 0 Å². The molecule has 0 radical (unpaired) electrons. The van der Waals surface area contributed by atoms with Crippen LogP contribution in [0.3, 0.4) is 0 Å². The van der Waals surface area contributed by atoms with Crippen LogP contribution in [-0.2, 0) is 19.1 Å². The molecule has 0 aromatic rings. The average molecular weight is 527 g/mol. The van der Waals surface area contributed by atoms with E-state index in [1.165, 1.54) is 103 Å². The monoisotopic (exact) mass is 526 g/mol. The van der Waals surface area contributed by atoms with Crippen LogP contribution in [0.15, 0.2) is 0 Å². The molecular weight excluding hydrogens is 464 g/mol. The summed E-state index contributed by atoms with van der Waals surface area (Å²) in [4.78, 5) is 24.0. The Kier molecular flexibility index (Phi) is 27.1. The number of carbonyl (C=O) groups is 2. The number of ether oxygens (including phenoxy) is 2. The summed E-state index contributed by atoms with van der Waals surface area (Å²) in [6.07, 6.45) is 25.8. The fourth-order valence-corrected chi connectivity index (χ4v) is 4.59. The third-order valence-electron chi connectivity index (χ3n) is 7.44. The van der Waals surface area contributed by atoms with Gasteiger partial charge in [-0.15, -0.1) is 0 Å². The predicted molar refractivity (Wildman–Crippen MR) is 155 cm³/mol. The predicted octanol–water partition coefficient (Wildman–Crippen LogP) is 9.08. The minimum Gasteiger partial charge on any atom is -0.462 e.